The van der Waals surface area contributed by atoms with E-state index in [1.807, 2.05) is 0 Å². The van der Waals surface area contributed by atoms with Gasteiger partial charge < -0.3 is 14.8 Å². The predicted octanol–water partition coefficient (Wildman–Crippen LogP) is 1.98. The Hall–Kier alpha value is -3.75. The van der Waals surface area contributed by atoms with Crippen LogP contribution in [0.25, 0.3) is 0 Å². The zero-order chi connectivity index (χ0) is 20.3. The Morgan fingerprint density at radius 1 is 1.21 bits per heavy atom. The Kier molecular flexibility index (Phi) is 5.35. The molecule has 3 rings (SSSR count). The van der Waals surface area contributed by atoms with Gasteiger partial charge in [0.25, 0.3) is 17.8 Å². The Morgan fingerprint density at radius 3 is 2.61 bits per heavy atom. The second-order valence-corrected chi connectivity index (χ2v) is 5.96. The molecule has 9 heteroatoms. The predicted molar refractivity (Wildman–Crippen MR) is 104 cm³/mol. The molecular formula is C19H19N5O4. The highest BCUT2D eigenvalue weighted by atomic mass is 16.5. The highest BCUT2D eigenvalue weighted by Gasteiger charge is 2.21. The fraction of sp³-hybridized carbons (Fsp3) is 0.211. The molecule has 2 amide bonds. The number of rotatable bonds is 5. The van der Waals surface area contributed by atoms with E-state index >= 15 is 0 Å². The van der Waals surface area contributed by atoms with Crippen molar-refractivity contribution in [1.82, 2.24) is 9.78 Å². The van der Waals surface area contributed by atoms with Crippen LogP contribution in [0.3, 0.4) is 0 Å². The molecule has 2 aromatic rings. The van der Waals surface area contributed by atoms with Gasteiger partial charge >= 0.3 is 0 Å². The van der Waals surface area contributed by atoms with E-state index in [1.54, 1.807) is 44.2 Å². The number of nitrogens with zero attached hydrogens (tertiary/aromatic N) is 4. The van der Waals surface area contributed by atoms with Crippen LogP contribution >= 0.6 is 0 Å². The normalized spacial score (nSPS) is 13.7. The lowest BCUT2D eigenvalue weighted by molar-refractivity contribution is -0.118. The van der Waals surface area contributed by atoms with Gasteiger partial charge in [-0.15, -0.1) is 0 Å². The molecule has 0 radical (unpaired) electrons. The number of ether oxygens (including phenoxy) is 2. The number of carbonyl (C=O) groups excluding carboxylic acids is 2. The topological polar surface area (TPSA) is 107 Å². The van der Waals surface area contributed by atoms with Gasteiger partial charge in [0, 0.05) is 6.07 Å². The van der Waals surface area contributed by atoms with Crippen molar-refractivity contribution in [3.63, 3.8) is 0 Å². The highest BCUT2D eigenvalue weighted by Crippen LogP contribution is 2.25. The van der Waals surface area contributed by atoms with E-state index in [2.05, 4.69) is 27.0 Å². The highest BCUT2D eigenvalue weighted by molar-refractivity contribution is 6.27. The van der Waals surface area contributed by atoms with E-state index < -0.39 is 11.8 Å². The van der Waals surface area contributed by atoms with E-state index in [0.29, 0.717) is 28.7 Å². The van der Waals surface area contributed by atoms with E-state index in [0.717, 1.165) is 0 Å². The zero-order valence-electron chi connectivity index (χ0n) is 15.7. The van der Waals surface area contributed by atoms with Gasteiger partial charge in [-0.3, -0.25) is 9.59 Å². The van der Waals surface area contributed by atoms with Crippen LogP contribution in [-0.2, 0) is 9.59 Å². The van der Waals surface area contributed by atoms with Crippen molar-refractivity contribution in [3.8, 4) is 11.5 Å². The first kappa shape index (κ1) is 19.0. The van der Waals surface area contributed by atoms with Crippen molar-refractivity contribution in [1.29, 1.82) is 0 Å². The number of nitrogens with one attached hydrogen (secondary N) is 1. The van der Waals surface area contributed by atoms with Gasteiger partial charge in [-0.05, 0) is 26.0 Å². The third-order valence-electron chi connectivity index (χ3n) is 3.88. The van der Waals surface area contributed by atoms with E-state index in [-0.39, 0.29) is 18.1 Å². The molecule has 1 aromatic heterocycles. The summed E-state index contributed by atoms with van der Waals surface area (Å²) in [4.78, 5) is 32.4. The van der Waals surface area contributed by atoms with E-state index in [1.165, 1.54) is 11.8 Å². The lowest BCUT2D eigenvalue weighted by Gasteiger charge is -2.13. The lowest BCUT2D eigenvalue weighted by atomic mass is 10.2. The first-order valence-corrected chi connectivity index (χ1v) is 8.39. The van der Waals surface area contributed by atoms with Crippen molar-refractivity contribution >= 4 is 29.3 Å². The van der Waals surface area contributed by atoms with Crippen LogP contribution in [0.4, 0.5) is 5.82 Å². The third-order valence-corrected chi connectivity index (χ3v) is 3.88. The Labute approximate surface area is 161 Å². The SMILES string of the molecule is C=C1C(=O)N=C(n2nc(C)cc2NC(=O)COc2ccccc2OC)N=C1C. The maximum atomic E-state index is 12.3. The van der Waals surface area contributed by atoms with Crippen LogP contribution in [0.2, 0.25) is 0 Å². The van der Waals surface area contributed by atoms with E-state index in [4.69, 9.17) is 9.47 Å². The van der Waals surface area contributed by atoms with Gasteiger partial charge in [-0.2, -0.15) is 14.8 Å². The summed E-state index contributed by atoms with van der Waals surface area (Å²) in [5.74, 6) is 0.445. The fourth-order valence-corrected chi connectivity index (χ4v) is 2.45. The van der Waals surface area contributed by atoms with Gasteiger partial charge in [0.2, 0.25) is 0 Å². The van der Waals surface area contributed by atoms with Crippen molar-refractivity contribution in [2.45, 2.75) is 13.8 Å². The van der Waals surface area contributed by atoms with Crippen molar-refractivity contribution in [3.05, 3.63) is 48.2 Å². The van der Waals surface area contributed by atoms with Crippen LogP contribution in [0.5, 0.6) is 11.5 Å². The number of anilines is 1. The largest absolute Gasteiger partial charge is 0.493 e. The Bertz CT molecular complexity index is 1020. The minimum atomic E-state index is -0.493. The molecule has 2 heterocycles. The monoisotopic (exact) mass is 381 g/mol. The van der Waals surface area contributed by atoms with Gasteiger partial charge in [0.1, 0.15) is 5.82 Å². The minimum absolute atomic E-state index is 0.0592. The molecule has 9 nitrogen and oxygen atoms in total. The second-order valence-electron chi connectivity index (χ2n) is 5.96. The van der Waals surface area contributed by atoms with E-state index in [9.17, 15) is 9.59 Å². The summed E-state index contributed by atoms with van der Waals surface area (Å²) in [5.41, 5.74) is 1.29. The molecule has 28 heavy (non-hydrogen) atoms. The molecule has 1 aliphatic heterocycles. The molecule has 144 valence electrons. The number of aromatic nitrogens is 2. The van der Waals surface area contributed by atoms with Crippen LogP contribution in [0, 0.1) is 6.92 Å². The number of hydrogen-bond donors (Lipinski definition) is 1. The summed E-state index contributed by atoms with van der Waals surface area (Å²) < 4.78 is 12.0. The van der Waals surface area contributed by atoms with Crippen molar-refractivity contribution in [2.75, 3.05) is 19.0 Å². The number of amides is 2. The summed E-state index contributed by atoms with van der Waals surface area (Å²) in [6.45, 7) is 6.80. The molecule has 0 spiro atoms. The van der Waals surface area contributed by atoms with Crippen LogP contribution < -0.4 is 14.8 Å². The summed E-state index contributed by atoms with van der Waals surface area (Å²) in [5, 5.41) is 6.94. The molecule has 0 saturated heterocycles. The smallest absolute Gasteiger partial charge is 0.281 e. The molecular weight excluding hydrogens is 362 g/mol. The molecule has 0 fully saturated rings. The zero-order valence-corrected chi connectivity index (χ0v) is 15.7. The fourth-order valence-electron chi connectivity index (χ4n) is 2.45. The first-order valence-electron chi connectivity index (χ1n) is 8.39. The Balaban J connectivity index is 1.75. The molecule has 0 unspecified atom stereocenters. The molecule has 0 atom stereocenters. The molecule has 0 saturated carbocycles. The summed E-state index contributed by atoms with van der Waals surface area (Å²) >= 11 is 0. The average Bonchev–Trinajstić information content (AvgIpc) is 3.04. The molecule has 0 bridgehead atoms. The van der Waals surface area contributed by atoms with Crippen LogP contribution in [0.1, 0.15) is 12.6 Å². The van der Waals surface area contributed by atoms with Crippen LogP contribution in [-0.4, -0.2) is 47.0 Å². The molecule has 1 N–H and O–H groups in total. The Morgan fingerprint density at radius 2 is 1.93 bits per heavy atom. The lowest BCUT2D eigenvalue weighted by Crippen LogP contribution is -2.27. The number of benzene rings is 1. The summed E-state index contributed by atoms with van der Waals surface area (Å²) in [6, 6.07) is 8.66. The summed E-state index contributed by atoms with van der Waals surface area (Å²) in [6.07, 6.45) is 0. The summed E-state index contributed by atoms with van der Waals surface area (Å²) in [7, 11) is 1.52. The molecule has 1 aliphatic rings. The van der Waals surface area contributed by atoms with Gasteiger partial charge in [-0.1, -0.05) is 18.7 Å². The number of hydrogen-bond acceptors (Lipinski definition) is 6. The first-order chi connectivity index (χ1) is 13.4. The third kappa shape index (κ3) is 3.98. The standard InChI is InChI=1S/C19H19N5O4/c1-11-9-16(24(23-11)19-20-13(3)12(2)18(26)22-19)21-17(25)10-28-15-8-6-5-7-14(15)27-4/h5-9H,2,10H2,1,3-4H3,(H,21,25). The van der Waals surface area contributed by atoms with Crippen LogP contribution in [0.15, 0.2) is 52.5 Å². The second kappa shape index (κ2) is 7.87. The van der Waals surface area contributed by atoms with Gasteiger partial charge in [0.15, 0.2) is 18.1 Å². The minimum Gasteiger partial charge on any atom is -0.493 e. The quantitative estimate of drug-likeness (QED) is 0.797. The number of aryl methyl sites for hydroxylation is 1. The number of carbonyl (C=O) groups is 2. The van der Waals surface area contributed by atoms with Gasteiger partial charge in [0.05, 0.1) is 24.1 Å². The maximum Gasteiger partial charge on any atom is 0.281 e. The average molecular weight is 381 g/mol. The van der Waals surface area contributed by atoms with Crippen molar-refractivity contribution < 1.29 is 19.1 Å². The number of aliphatic imine (C=N–C) groups is 2. The number of para-hydroxylation sites is 2. The van der Waals surface area contributed by atoms with Gasteiger partial charge in [-0.25, -0.2) is 4.99 Å². The maximum absolute atomic E-state index is 12.3. The molecule has 0 aliphatic carbocycles. The van der Waals surface area contributed by atoms with Crippen molar-refractivity contribution in [2.24, 2.45) is 9.98 Å². The molecule has 1 aromatic carbocycles. The number of methoxy groups -OCH3 is 1.